The summed E-state index contributed by atoms with van der Waals surface area (Å²) >= 11 is 0. The molecule has 5 amide bonds. The van der Waals surface area contributed by atoms with Crippen molar-refractivity contribution in [1.82, 2.24) is 20.4 Å². The summed E-state index contributed by atoms with van der Waals surface area (Å²) in [5.74, 6) is -1.50. The van der Waals surface area contributed by atoms with E-state index in [-0.39, 0.29) is 19.5 Å². The van der Waals surface area contributed by atoms with Gasteiger partial charge in [-0.25, -0.2) is 9.18 Å². The number of hydrogen-bond donors (Lipinski definition) is 2. The molecule has 0 bridgehead atoms. The fourth-order valence-electron chi connectivity index (χ4n) is 3.36. The van der Waals surface area contributed by atoms with E-state index in [4.69, 9.17) is 4.42 Å². The first-order valence-electron chi connectivity index (χ1n) is 9.70. The largest absolute Gasteiger partial charge is 0.467 e. The molecule has 1 saturated heterocycles. The van der Waals surface area contributed by atoms with E-state index < -0.39 is 41.7 Å². The van der Waals surface area contributed by atoms with Gasteiger partial charge in [0.05, 0.1) is 19.4 Å². The first-order chi connectivity index (χ1) is 14.8. The Labute approximate surface area is 178 Å². The Morgan fingerprint density at radius 3 is 2.55 bits per heavy atom. The highest BCUT2D eigenvalue weighted by Gasteiger charge is 2.51. The zero-order valence-electron chi connectivity index (χ0n) is 17.2. The molecule has 2 heterocycles. The molecule has 1 fully saturated rings. The minimum absolute atomic E-state index is 0.178. The molecule has 3 rings (SSSR count). The average Bonchev–Trinajstić information content (AvgIpc) is 3.35. The number of nitrogens with zero attached hydrogens (tertiary/aromatic N) is 2. The van der Waals surface area contributed by atoms with Gasteiger partial charge < -0.3 is 20.0 Å². The molecule has 9 nitrogen and oxygen atoms in total. The Morgan fingerprint density at radius 1 is 1.23 bits per heavy atom. The normalized spacial score (nSPS) is 18.1. The van der Waals surface area contributed by atoms with Gasteiger partial charge in [0.2, 0.25) is 11.8 Å². The van der Waals surface area contributed by atoms with E-state index in [0.717, 1.165) is 9.80 Å². The van der Waals surface area contributed by atoms with Crippen LogP contribution in [-0.4, -0.2) is 53.7 Å². The number of rotatable bonds is 8. The molecule has 0 aliphatic carbocycles. The number of urea groups is 1. The van der Waals surface area contributed by atoms with Crippen LogP contribution < -0.4 is 10.6 Å². The van der Waals surface area contributed by atoms with Crippen molar-refractivity contribution in [3.05, 3.63) is 59.8 Å². The minimum atomic E-state index is -1.37. The van der Waals surface area contributed by atoms with Crippen LogP contribution >= 0.6 is 0 Å². The SMILES string of the molecule is CCC1(c2ccc(F)cc2)NC(=O)N(CC(=O)N(C)CC(=O)NCc2ccco2)C1=O. The maximum atomic E-state index is 13.3. The van der Waals surface area contributed by atoms with Gasteiger partial charge in [0.25, 0.3) is 5.91 Å². The lowest BCUT2D eigenvalue weighted by atomic mass is 9.87. The number of carbonyl (C=O) groups is 4. The number of amides is 5. The molecule has 0 radical (unpaired) electrons. The third kappa shape index (κ3) is 4.57. The lowest BCUT2D eigenvalue weighted by Crippen LogP contribution is -2.46. The Balaban J connectivity index is 1.62. The second-order valence-electron chi connectivity index (χ2n) is 7.19. The van der Waals surface area contributed by atoms with Crippen LogP contribution in [0.4, 0.5) is 9.18 Å². The Morgan fingerprint density at radius 2 is 1.94 bits per heavy atom. The highest BCUT2D eigenvalue weighted by molar-refractivity contribution is 6.09. The van der Waals surface area contributed by atoms with Crippen molar-refractivity contribution in [3.8, 4) is 0 Å². The first-order valence-corrected chi connectivity index (χ1v) is 9.70. The second-order valence-corrected chi connectivity index (χ2v) is 7.19. The van der Waals surface area contributed by atoms with Crippen LogP contribution in [0, 0.1) is 5.82 Å². The lowest BCUT2D eigenvalue weighted by Gasteiger charge is -2.26. The summed E-state index contributed by atoms with van der Waals surface area (Å²) < 4.78 is 18.4. The summed E-state index contributed by atoms with van der Waals surface area (Å²) in [6, 6.07) is 7.94. The number of carbonyl (C=O) groups excluding carboxylic acids is 4. The standard InChI is InChI=1S/C21H23FN4O5/c1-3-21(14-6-8-15(22)9-7-14)19(29)26(20(30)24-21)13-18(28)25(2)12-17(27)23-11-16-5-4-10-31-16/h4-10H,3,11-13H2,1-2H3,(H,23,27)(H,24,30). The van der Waals surface area contributed by atoms with Crippen molar-refractivity contribution in [1.29, 1.82) is 0 Å². The van der Waals surface area contributed by atoms with Gasteiger partial charge in [-0.3, -0.25) is 19.3 Å². The molecule has 1 aliphatic heterocycles. The van der Waals surface area contributed by atoms with E-state index in [1.165, 1.54) is 37.6 Å². The smallest absolute Gasteiger partial charge is 0.325 e. The fraction of sp³-hybridized carbons (Fsp3) is 0.333. The molecule has 1 aromatic heterocycles. The van der Waals surface area contributed by atoms with Crippen molar-refractivity contribution in [3.63, 3.8) is 0 Å². The van der Waals surface area contributed by atoms with Crippen molar-refractivity contribution in [2.24, 2.45) is 0 Å². The maximum Gasteiger partial charge on any atom is 0.325 e. The maximum absolute atomic E-state index is 13.3. The van der Waals surface area contributed by atoms with Crippen LogP contribution in [0.25, 0.3) is 0 Å². The quantitative estimate of drug-likeness (QED) is 0.614. The number of imide groups is 1. The molecule has 1 unspecified atom stereocenters. The summed E-state index contributed by atoms with van der Waals surface area (Å²) in [7, 11) is 1.40. The van der Waals surface area contributed by atoms with E-state index >= 15 is 0 Å². The van der Waals surface area contributed by atoms with Gasteiger partial charge in [-0.15, -0.1) is 0 Å². The molecule has 0 spiro atoms. The van der Waals surface area contributed by atoms with Gasteiger partial charge in [-0.1, -0.05) is 19.1 Å². The highest BCUT2D eigenvalue weighted by Crippen LogP contribution is 2.32. The van der Waals surface area contributed by atoms with Crippen LogP contribution in [-0.2, 0) is 26.5 Å². The zero-order valence-corrected chi connectivity index (χ0v) is 17.2. The number of benzene rings is 1. The van der Waals surface area contributed by atoms with Gasteiger partial charge in [0.15, 0.2) is 0 Å². The summed E-state index contributed by atoms with van der Waals surface area (Å²) in [6.45, 7) is 1.12. The van der Waals surface area contributed by atoms with Crippen molar-refractivity contribution in [2.45, 2.75) is 25.4 Å². The zero-order chi connectivity index (χ0) is 22.6. The molecule has 1 aliphatic rings. The molecule has 1 aromatic carbocycles. The number of likely N-dealkylation sites (N-methyl/N-ethyl adjacent to an activating group) is 1. The Hall–Kier alpha value is -3.69. The van der Waals surface area contributed by atoms with Crippen LogP contribution in [0.15, 0.2) is 47.1 Å². The third-order valence-electron chi connectivity index (χ3n) is 5.18. The molecule has 164 valence electrons. The van der Waals surface area contributed by atoms with Crippen molar-refractivity contribution >= 4 is 23.8 Å². The number of halogens is 1. The van der Waals surface area contributed by atoms with Gasteiger partial charge in [0, 0.05) is 7.05 Å². The predicted molar refractivity (Wildman–Crippen MR) is 107 cm³/mol. The van der Waals surface area contributed by atoms with E-state index in [0.29, 0.717) is 11.3 Å². The summed E-state index contributed by atoms with van der Waals surface area (Å²) in [5, 5.41) is 5.24. The van der Waals surface area contributed by atoms with Crippen molar-refractivity contribution < 1.29 is 28.0 Å². The fourth-order valence-corrected chi connectivity index (χ4v) is 3.36. The summed E-state index contributed by atoms with van der Waals surface area (Å²) in [5.41, 5.74) is -0.945. The van der Waals surface area contributed by atoms with Crippen LogP contribution in [0.3, 0.4) is 0 Å². The molecule has 10 heteroatoms. The summed E-state index contributed by atoms with van der Waals surface area (Å²) in [4.78, 5) is 52.1. The monoisotopic (exact) mass is 430 g/mol. The molecule has 1 atom stereocenters. The average molecular weight is 430 g/mol. The van der Waals surface area contributed by atoms with Gasteiger partial charge in [-0.05, 0) is 36.2 Å². The van der Waals surface area contributed by atoms with Crippen LogP contribution in [0.1, 0.15) is 24.7 Å². The predicted octanol–water partition coefficient (Wildman–Crippen LogP) is 1.35. The van der Waals surface area contributed by atoms with E-state index in [1.54, 1.807) is 19.1 Å². The van der Waals surface area contributed by atoms with Crippen LogP contribution in [0.5, 0.6) is 0 Å². The van der Waals surface area contributed by atoms with Gasteiger partial charge in [-0.2, -0.15) is 0 Å². The first kappa shape index (κ1) is 22.0. The van der Waals surface area contributed by atoms with E-state index in [2.05, 4.69) is 10.6 Å². The number of hydrogen-bond acceptors (Lipinski definition) is 5. The molecular weight excluding hydrogens is 407 g/mol. The second kappa shape index (κ2) is 8.99. The molecule has 2 N–H and O–H groups in total. The highest BCUT2D eigenvalue weighted by atomic mass is 19.1. The number of nitrogens with one attached hydrogen (secondary N) is 2. The molecule has 0 saturated carbocycles. The Bertz CT molecular complexity index is 976. The molecular formula is C21H23FN4O5. The Kier molecular flexibility index (Phi) is 6.38. The van der Waals surface area contributed by atoms with E-state index in [1.807, 2.05) is 0 Å². The summed E-state index contributed by atoms with van der Waals surface area (Å²) in [6.07, 6.45) is 1.70. The van der Waals surface area contributed by atoms with Gasteiger partial charge >= 0.3 is 6.03 Å². The van der Waals surface area contributed by atoms with Gasteiger partial charge in [0.1, 0.15) is 23.7 Å². The van der Waals surface area contributed by atoms with Crippen molar-refractivity contribution in [2.75, 3.05) is 20.1 Å². The van der Waals surface area contributed by atoms with Crippen LogP contribution in [0.2, 0.25) is 0 Å². The minimum Gasteiger partial charge on any atom is -0.467 e. The topological polar surface area (TPSA) is 112 Å². The molecule has 2 aromatic rings. The van der Waals surface area contributed by atoms with E-state index in [9.17, 15) is 23.6 Å². The third-order valence-corrected chi connectivity index (χ3v) is 5.18. The molecule has 31 heavy (non-hydrogen) atoms. The lowest BCUT2D eigenvalue weighted by molar-refractivity contribution is -0.140. The number of furan rings is 1.